The van der Waals surface area contributed by atoms with Gasteiger partial charge in [-0.3, -0.25) is 4.90 Å². The van der Waals surface area contributed by atoms with Gasteiger partial charge in [0.1, 0.15) is 0 Å². The average Bonchev–Trinajstić information content (AvgIpc) is 1.83. The number of hydrogen-bond donors (Lipinski definition) is 2. The number of aliphatic hydroxyl groups is 1. The Kier molecular flexibility index (Phi) is 3.52. The van der Waals surface area contributed by atoms with Gasteiger partial charge in [0.05, 0.1) is 12.6 Å². The summed E-state index contributed by atoms with van der Waals surface area (Å²) in [5.74, 6) is 0. The molecule has 0 spiro atoms. The summed E-state index contributed by atoms with van der Waals surface area (Å²) in [5, 5.41) is 17.6. The van der Waals surface area contributed by atoms with Crippen molar-refractivity contribution in [2.45, 2.75) is 39.3 Å². The Morgan fingerprint density at radius 2 is 1.92 bits per heavy atom. The Morgan fingerprint density at radius 3 is 2.00 bits per heavy atom. The van der Waals surface area contributed by atoms with Crippen LogP contribution in [0.25, 0.3) is 0 Å². The molecule has 0 rings (SSSR count). The summed E-state index contributed by atoms with van der Waals surface area (Å²) in [6, 6.07) is -0.359. The summed E-state index contributed by atoms with van der Waals surface area (Å²) in [4.78, 5) is 12.0. The molecule has 0 aliphatic carbocycles. The van der Waals surface area contributed by atoms with Gasteiger partial charge in [0.15, 0.2) is 0 Å². The van der Waals surface area contributed by atoms with E-state index in [0.717, 1.165) is 0 Å². The van der Waals surface area contributed by atoms with Crippen LogP contribution in [-0.4, -0.2) is 39.4 Å². The van der Waals surface area contributed by atoms with Crippen molar-refractivity contribution >= 4 is 6.09 Å². The summed E-state index contributed by atoms with van der Waals surface area (Å²) in [5.41, 5.74) is -0.464. The minimum Gasteiger partial charge on any atom is -0.465 e. The fraction of sp³-hybridized carbons (Fsp3) is 0.875. The number of carbonyl (C=O) groups is 1. The molecule has 0 fully saturated rings. The molecule has 0 radical (unpaired) electrons. The monoisotopic (exact) mass is 175 g/mol. The number of nitrogens with zero attached hydrogens (tertiary/aromatic N) is 1. The lowest BCUT2D eigenvalue weighted by molar-refractivity contribution is 0.0532. The van der Waals surface area contributed by atoms with Gasteiger partial charge in [0.25, 0.3) is 0 Å². The van der Waals surface area contributed by atoms with Gasteiger partial charge >= 0.3 is 6.09 Å². The average molecular weight is 175 g/mol. The van der Waals surface area contributed by atoms with Gasteiger partial charge in [-0.15, -0.1) is 0 Å². The lowest BCUT2D eigenvalue weighted by Gasteiger charge is -2.37. The van der Waals surface area contributed by atoms with E-state index in [4.69, 9.17) is 10.2 Å². The van der Waals surface area contributed by atoms with Gasteiger partial charge in [0, 0.05) is 5.54 Å². The largest absolute Gasteiger partial charge is 0.465 e. The first-order valence-electron chi connectivity index (χ1n) is 3.93. The Bertz CT molecular complexity index is 162. The molecule has 0 heterocycles. The number of amides is 1. The lowest BCUT2D eigenvalue weighted by atomic mass is 10.0. The highest BCUT2D eigenvalue weighted by Crippen LogP contribution is 2.16. The van der Waals surface area contributed by atoms with Crippen LogP contribution in [0, 0.1) is 0 Å². The van der Waals surface area contributed by atoms with E-state index in [9.17, 15) is 4.79 Å². The third-order valence-electron chi connectivity index (χ3n) is 1.63. The van der Waals surface area contributed by atoms with E-state index in [1.807, 2.05) is 0 Å². The van der Waals surface area contributed by atoms with Crippen molar-refractivity contribution in [2.75, 3.05) is 6.61 Å². The Balaban J connectivity index is 4.56. The SMILES string of the molecule is CC(CO)N(C(=O)O)C(C)(C)C. The van der Waals surface area contributed by atoms with Crippen LogP contribution in [0.4, 0.5) is 4.79 Å². The number of aliphatic hydroxyl groups excluding tert-OH is 1. The molecule has 0 saturated carbocycles. The second-order valence-electron chi connectivity index (χ2n) is 3.85. The molecule has 12 heavy (non-hydrogen) atoms. The molecule has 0 saturated heterocycles. The van der Waals surface area contributed by atoms with Crippen LogP contribution in [0.2, 0.25) is 0 Å². The number of carboxylic acid groups (broad SMARTS) is 1. The van der Waals surface area contributed by atoms with Crippen LogP contribution >= 0.6 is 0 Å². The molecule has 72 valence electrons. The number of rotatable bonds is 2. The normalized spacial score (nSPS) is 14.1. The fourth-order valence-corrected chi connectivity index (χ4v) is 1.22. The molecule has 2 N–H and O–H groups in total. The molecule has 0 aromatic carbocycles. The maximum Gasteiger partial charge on any atom is 0.408 e. The summed E-state index contributed by atoms with van der Waals surface area (Å²) in [6.07, 6.45) is -0.996. The van der Waals surface area contributed by atoms with Crippen molar-refractivity contribution in [3.63, 3.8) is 0 Å². The second-order valence-corrected chi connectivity index (χ2v) is 3.85. The van der Waals surface area contributed by atoms with Crippen LogP contribution in [0.3, 0.4) is 0 Å². The van der Waals surface area contributed by atoms with E-state index in [0.29, 0.717) is 0 Å². The zero-order chi connectivity index (χ0) is 9.94. The fourth-order valence-electron chi connectivity index (χ4n) is 1.22. The van der Waals surface area contributed by atoms with E-state index < -0.39 is 11.6 Å². The van der Waals surface area contributed by atoms with Crippen molar-refractivity contribution in [3.8, 4) is 0 Å². The molecule has 0 aliphatic rings. The van der Waals surface area contributed by atoms with E-state index in [-0.39, 0.29) is 12.6 Å². The molecule has 1 unspecified atom stereocenters. The zero-order valence-electron chi connectivity index (χ0n) is 8.03. The molecular weight excluding hydrogens is 158 g/mol. The Morgan fingerprint density at radius 1 is 1.50 bits per heavy atom. The molecular formula is C8H17NO3. The Labute approximate surface area is 72.8 Å². The topological polar surface area (TPSA) is 60.8 Å². The minimum absolute atomic E-state index is 0.149. The standard InChI is InChI=1S/C8H17NO3/c1-6(5-10)9(7(11)12)8(2,3)4/h6,10H,5H2,1-4H3,(H,11,12). The third-order valence-corrected chi connectivity index (χ3v) is 1.63. The van der Waals surface area contributed by atoms with Gasteiger partial charge in [-0.2, -0.15) is 0 Å². The highest BCUT2D eigenvalue weighted by atomic mass is 16.4. The van der Waals surface area contributed by atoms with E-state index in [2.05, 4.69) is 0 Å². The van der Waals surface area contributed by atoms with E-state index >= 15 is 0 Å². The molecule has 0 aliphatic heterocycles. The summed E-state index contributed by atoms with van der Waals surface area (Å²) in [6.45, 7) is 6.93. The van der Waals surface area contributed by atoms with Gasteiger partial charge in [-0.1, -0.05) is 0 Å². The van der Waals surface area contributed by atoms with Crippen molar-refractivity contribution in [1.82, 2.24) is 4.90 Å². The first-order valence-corrected chi connectivity index (χ1v) is 3.93. The molecule has 1 amide bonds. The molecule has 4 heteroatoms. The number of hydrogen-bond acceptors (Lipinski definition) is 2. The molecule has 0 aromatic heterocycles. The molecule has 0 bridgehead atoms. The van der Waals surface area contributed by atoms with Crippen molar-refractivity contribution in [3.05, 3.63) is 0 Å². The summed E-state index contributed by atoms with van der Waals surface area (Å²) in [7, 11) is 0. The van der Waals surface area contributed by atoms with Crippen molar-refractivity contribution in [1.29, 1.82) is 0 Å². The van der Waals surface area contributed by atoms with Crippen LogP contribution in [0.15, 0.2) is 0 Å². The first kappa shape index (κ1) is 11.2. The van der Waals surface area contributed by atoms with E-state index in [1.165, 1.54) is 4.90 Å². The predicted octanol–water partition coefficient (Wildman–Crippen LogP) is 1.15. The summed E-state index contributed by atoms with van der Waals surface area (Å²) >= 11 is 0. The molecule has 0 aromatic rings. The predicted molar refractivity (Wildman–Crippen MR) is 46.2 cm³/mol. The van der Waals surface area contributed by atoms with Crippen LogP contribution in [0.1, 0.15) is 27.7 Å². The Hall–Kier alpha value is -0.770. The minimum atomic E-state index is -0.996. The zero-order valence-corrected chi connectivity index (χ0v) is 8.03. The van der Waals surface area contributed by atoms with Crippen molar-refractivity contribution < 1.29 is 15.0 Å². The van der Waals surface area contributed by atoms with Crippen LogP contribution < -0.4 is 0 Å². The van der Waals surface area contributed by atoms with Gasteiger partial charge in [0.2, 0.25) is 0 Å². The van der Waals surface area contributed by atoms with Gasteiger partial charge < -0.3 is 10.2 Å². The van der Waals surface area contributed by atoms with Crippen molar-refractivity contribution in [2.24, 2.45) is 0 Å². The van der Waals surface area contributed by atoms with E-state index in [1.54, 1.807) is 27.7 Å². The highest BCUT2D eigenvalue weighted by Gasteiger charge is 2.29. The van der Waals surface area contributed by atoms with Crippen LogP contribution in [-0.2, 0) is 0 Å². The second kappa shape index (κ2) is 3.76. The third kappa shape index (κ3) is 2.70. The van der Waals surface area contributed by atoms with Crippen LogP contribution in [0.5, 0.6) is 0 Å². The lowest BCUT2D eigenvalue weighted by Crippen LogP contribution is -2.51. The molecule has 1 atom stereocenters. The molecule has 4 nitrogen and oxygen atoms in total. The van der Waals surface area contributed by atoms with Gasteiger partial charge in [-0.25, -0.2) is 4.79 Å². The highest BCUT2D eigenvalue weighted by molar-refractivity contribution is 5.66. The van der Waals surface area contributed by atoms with Gasteiger partial charge in [-0.05, 0) is 27.7 Å². The smallest absolute Gasteiger partial charge is 0.408 e. The quantitative estimate of drug-likeness (QED) is 0.661. The maximum atomic E-state index is 10.8. The maximum absolute atomic E-state index is 10.8. The first-order chi connectivity index (χ1) is 5.30. The summed E-state index contributed by atoms with van der Waals surface area (Å²) < 4.78 is 0.